The van der Waals surface area contributed by atoms with Crippen LogP contribution in [0.25, 0.3) is 22.0 Å². The number of carboxylic acid groups (broad SMARTS) is 1. The molecule has 150 valence electrons. The van der Waals surface area contributed by atoms with E-state index in [9.17, 15) is 9.90 Å². The second kappa shape index (κ2) is 8.39. The van der Waals surface area contributed by atoms with Crippen molar-refractivity contribution in [1.82, 2.24) is 9.88 Å². The zero-order chi connectivity index (χ0) is 20.4. The number of hydrogen-bond donors (Lipinski definition) is 2. The topological polar surface area (TPSA) is 79.5 Å². The maximum absolute atomic E-state index is 12.0. The first kappa shape index (κ1) is 19.7. The number of carbonyl (C=O) groups is 1. The van der Waals surface area contributed by atoms with Gasteiger partial charge in [-0.1, -0.05) is 30.2 Å². The number of nitrogen functional groups attached to an aromatic ring is 1. The second-order valence-electron chi connectivity index (χ2n) is 7.54. The SMILES string of the molecule is Nc1c(CCN2CCCCC2)ccc(C(=O)O)c1-c1ccnc2cc(Cl)ccc12. The summed E-state index contributed by atoms with van der Waals surface area (Å²) in [5, 5.41) is 11.2. The number of nitrogens with zero attached hydrogens (tertiary/aromatic N) is 2. The van der Waals surface area contributed by atoms with Gasteiger partial charge in [-0.2, -0.15) is 0 Å². The molecule has 0 bridgehead atoms. The van der Waals surface area contributed by atoms with Crippen LogP contribution in [0.15, 0.2) is 42.6 Å². The Morgan fingerprint density at radius 1 is 1.14 bits per heavy atom. The van der Waals surface area contributed by atoms with Gasteiger partial charge in [0.1, 0.15) is 0 Å². The molecule has 0 atom stereocenters. The van der Waals surface area contributed by atoms with Crippen LogP contribution in [0.3, 0.4) is 0 Å². The summed E-state index contributed by atoms with van der Waals surface area (Å²) >= 11 is 6.11. The van der Waals surface area contributed by atoms with Gasteiger partial charge < -0.3 is 15.7 Å². The van der Waals surface area contributed by atoms with Crippen molar-refractivity contribution >= 4 is 34.2 Å². The summed E-state index contributed by atoms with van der Waals surface area (Å²) in [4.78, 5) is 18.8. The van der Waals surface area contributed by atoms with Crippen molar-refractivity contribution in [2.24, 2.45) is 0 Å². The van der Waals surface area contributed by atoms with Gasteiger partial charge in [-0.15, -0.1) is 0 Å². The second-order valence-corrected chi connectivity index (χ2v) is 7.97. The number of aromatic nitrogens is 1. The first-order valence-corrected chi connectivity index (χ1v) is 10.3. The van der Waals surface area contributed by atoms with Gasteiger partial charge in [0.25, 0.3) is 0 Å². The van der Waals surface area contributed by atoms with Crippen molar-refractivity contribution in [3.63, 3.8) is 0 Å². The standard InChI is InChI=1S/C23H24ClN3O2/c24-16-5-7-17-18(8-10-26-20(17)14-16)21-19(23(28)29)6-4-15(22(21)25)9-13-27-11-2-1-3-12-27/h4-8,10,14H,1-3,9,11-13,25H2,(H,28,29). The summed E-state index contributed by atoms with van der Waals surface area (Å²) in [5.41, 5.74) is 10.3. The molecule has 0 spiro atoms. The molecule has 1 aliphatic heterocycles. The Morgan fingerprint density at radius 2 is 1.93 bits per heavy atom. The lowest BCUT2D eigenvalue weighted by Gasteiger charge is -2.26. The van der Waals surface area contributed by atoms with Crippen LogP contribution in [0.2, 0.25) is 5.02 Å². The van der Waals surface area contributed by atoms with Crippen molar-refractivity contribution in [3.05, 3.63) is 58.7 Å². The van der Waals surface area contributed by atoms with Crippen molar-refractivity contribution in [1.29, 1.82) is 0 Å². The number of nitrogens with two attached hydrogens (primary N) is 1. The Kier molecular flexibility index (Phi) is 5.69. The highest BCUT2D eigenvalue weighted by Gasteiger charge is 2.20. The molecule has 0 aliphatic carbocycles. The van der Waals surface area contributed by atoms with Crippen LogP contribution < -0.4 is 5.73 Å². The molecule has 1 aromatic heterocycles. The molecule has 1 saturated heterocycles. The molecule has 0 saturated carbocycles. The third kappa shape index (κ3) is 4.07. The maximum atomic E-state index is 12.0. The number of hydrogen-bond acceptors (Lipinski definition) is 4. The van der Waals surface area contributed by atoms with Crippen LogP contribution >= 0.6 is 11.6 Å². The van der Waals surface area contributed by atoms with E-state index in [1.165, 1.54) is 19.3 Å². The molecule has 29 heavy (non-hydrogen) atoms. The number of aromatic carboxylic acids is 1. The Morgan fingerprint density at radius 3 is 2.69 bits per heavy atom. The van der Waals surface area contributed by atoms with Gasteiger partial charge in [0.15, 0.2) is 0 Å². The summed E-state index contributed by atoms with van der Waals surface area (Å²) in [6.45, 7) is 3.17. The minimum absolute atomic E-state index is 0.201. The van der Waals surface area contributed by atoms with Gasteiger partial charge in [0, 0.05) is 34.4 Å². The first-order valence-electron chi connectivity index (χ1n) is 9.96. The number of fused-ring (bicyclic) bond motifs is 1. The zero-order valence-electron chi connectivity index (χ0n) is 16.2. The highest BCUT2D eigenvalue weighted by Crippen LogP contribution is 2.37. The molecule has 0 amide bonds. The van der Waals surface area contributed by atoms with Crippen LogP contribution in [0.1, 0.15) is 35.2 Å². The molecule has 0 radical (unpaired) electrons. The lowest BCUT2D eigenvalue weighted by atomic mass is 9.91. The molecule has 5 nitrogen and oxygen atoms in total. The van der Waals surface area contributed by atoms with E-state index in [0.717, 1.165) is 42.6 Å². The van der Waals surface area contributed by atoms with Crippen LogP contribution in [-0.2, 0) is 6.42 Å². The van der Waals surface area contributed by atoms with Gasteiger partial charge in [0.2, 0.25) is 0 Å². The summed E-state index contributed by atoms with van der Waals surface area (Å²) < 4.78 is 0. The smallest absolute Gasteiger partial charge is 0.336 e. The Bertz CT molecular complexity index is 1060. The molecule has 4 rings (SSSR count). The molecule has 1 aliphatic rings. The van der Waals surface area contributed by atoms with Crippen molar-refractivity contribution in [2.75, 3.05) is 25.4 Å². The number of halogens is 1. The molecule has 2 aromatic carbocycles. The Hall–Kier alpha value is -2.63. The number of rotatable bonds is 5. The highest BCUT2D eigenvalue weighted by molar-refractivity contribution is 6.31. The van der Waals surface area contributed by atoms with Gasteiger partial charge in [-0.3, -0.25) is 4.98 Å². The summed E-state index contributed by atoms with van der Waals surface area (Å²) in [5.74, 6) is -0.992. The number of likely N-dealkylation sites (tertiary alicyclic amines) is 1. The van der Waals surface area contributed by atoms with Crippen molar-refractivity contribution in [3.8, 4) is 11.1 Å². The lowest BCUT2D eigenvalue weighted by Crippen LogP contribution is -2.31. The predicted octanol–water partition coefficient (Wildman–Crippen LogP) is 4.86. The van der Waals surface area contributed by atoms with Gasteiger partial charge >= 0.3 is 5.97 Å². The third-order valence-corrected chi connectivity index (χ3v) is 5.92. The van der Waals surface area contributed by atoms with Crippen molar-refractivity contribution < 1.29 is 9.90 Å². The van der Waals surface area contributed by atoms with E-state index in [2.05, 4.69) is 9.88 Å². The molecule has 3 aromatic rings. The highest BCUT2D eigenvalue weighted by atomic mass is 35.5. The van der Waals surface area contributed by atoms with Crippen LogP contribution in [0, 0.1) is 0 Å². The predicted molar refractivity (Wildman–Crippen MR) is 118 cm³/mol. The maximum Gasteiger partial charge on any atom is 0.336 e. The summed E-state index contributed by atoms with van der Waals surface area (Å²) in [6, 6.07) is 10.8. The van der Waals surface area contributed by atoms with E-state index < -0.39 is 5.97 Å². The monoisotopic (exact) mass is 409 g/mol. The number of anilines is 1. The largest absolute Gasteiger partial charge is 0.478 e. The quantitative estimate of drug-likeness (QED) is 0.588. The molecule has 6 heteroatoms. The molecule has 3 N–H and O–H groups in total. The van der Waals surface area contributed by atoms with Gasteiger partial charge in [0.05, 0.1) is 11.1 Å². The minimum Gasteiger partial charge on any atom is -0.478 e. The normalized spacial score (nSPS) is 14.9. The van der Waals surface area contributed by atoms with E-state index in [1.54, 1.807) is 24.4 Å². The number of carboxylic acids is 1. The minimum atomic E-state index is -0.992. The Balaban J connectivity index is 1.78. The summed E-state index contributed by atoms with van der Waals surface area (Å²) in [7, 11) is 0. The fourth-order valence-corrected chi connectivity index (χ4v) is 4.32. The van der Waals surface area contributed by atoms with Gasteiger partial charge in [-0.25, -0.2) is 4.79 Å². The Labute approximate surface area is 175 Å². The molecule has 2 heterocycles. The van der Waals surface area contributed by atoms with Crippen LogP contribution in [0.5, 0.6) is 0 Å². The summed E-state index contributed by atoms with van der Waals surface area (Å²) in [6.07, 6.45) is 6.25. The van der Waals surface area contributed by atoms with Crippen LogP contribution in [-0.4, -0.2) is 40.6 Å². The fourth-order valence-electron chi connectivity index (χ4n) is 4.15. The molecule has 1 fully saturated rings. The fraction of sp³-hybridized carbons (Fsp3) is 0.304. The van der Waals surface area contributed by atoms with Gasteiger partial charge in [-0.05, 0) is 67.7 Å². The third-order valence-electron chi connectivity index (χ3n) is 5.69. The van der Waals surface area contributed by atoms with E-state index in [0.29, 0.717) is 21.8 Å². The molecule has 0 unspecified atom stereocenters. The number of piperidine rings is 1. The van der Waals surface area contributed by atoms with Crippen molar-refractivity contribution in [2.45, 2.75) is 25.7 Å². The van der Waals surface area contributed by atoms with E-state index in [-0.39, 0.29) is 5.56 Å². The van der Waals surface area contributed by atoms with E-state index in [1.807, 2.05) is 18.2 Å². The number of pyridine rings is 1. The van der Waals surface area contributed by atoms with E-state index in [4.69, 9.17) is 17.3 Å². The molecular weight excluding hydrogens is 386 g/mol. The average Bonchev–Trinajstić information content (AvgIpc) is 2.72. The lowest BCUT2D eigenvalue weighted by molar-refractivity contribution is 0.0698. The number of benzene rings is 2. The zero-order valence-corrected chi connectivity index (χ0v) is 17.0. The first-order chi connectivity index (χ1) is 14.0. The molecular formula is C23H24ClN3O2. The average molecular weight is 410 g/mol. The van der Waals surface area contributed by atoms with Crippen LogP contribution in [0.4, 0.5) is 5.69 Å². The van der Waals surface area contributed by atoms with E-state index >= 15 is 0 Å².